The van der Waals surface area contributed by atoms with Gasteiger partial charge in [-0.15, -0.1) is 70.6 Å². The first-order chi connectivity index (χ1) is 9.99. The molecule has 4 fully saturated rings. The molecular weight excluding hydrogens is 576 g/mol. The van der Waals surface area contributed by atoms with E-state index in [0.717, 1.165) is 16.0 Å². The summed E-state index contributed by atoms with van der Waals surface area (Å²) >= 11 is 24.7. The van der Waals surface area contributed by atoms with Gasteiger partial charge in [-0.05, 0) is 25.7 Å². The van der Waals surface area contributed by atoms with Gasteiger partial charge in [-0.2, -0.15) is 0 Å². The molecule has 0 N–H and O–H groups in total. The molecule has 0 unspecified atom stereocenters. The Morgan fingerprint density at radius 3 is 1.10 bits per heavy atom. The average Bonchev–Trinajstić information content (AvgIpc) is 2.36. The lowest BCUT2D eigenvalue weighted by atomic mass is 10.5. The van der Waals surface area contributed by atoms with Crippen molar-refractivity contribution in [2.24, 2.45) is 0 Å². The second kappa shape index (κ2) is 7.28. The summed E-state index contributed by atoms with van der Waals surface area (Å²) in [5.41, 5.74) is 0. The van der Waals surface area contributed by atoms with E-state index in [1.165, 1.54) is 25.7 Å². The number of thioether (sulfide) groups is 6. The summed E-state index contributed by atoms with van der Waals surface area (Å²) < 4.78 is 1.37. The molecule has 0 aliphatic carbocycles. The average molecular weight is 593 g/mol. The lowest BCUT2D eigenvalue weighted by Crippen LogP contribution is -2.54. The quantitative estimate of drug-likeness (QED) is 0.275. The van der Waals surface area contributed by atoms with Crippen molar-refractivity contribution in [3.63, 3.8) is 0 Å². The Bertz CT molecular complexity index is 345. The van der Waals surface area contributed by atoms with Crippen LogP contribution < -0.4 is 0 Å². The van der Waals surface area contributed by atoms with E-state index in [2.05, 4.69) is 125 Å². The summed E-state index contributed by atoms with van der Waals surface area (Å²) in [5, 5.41) is 3.32. The van der Waals surface area contributed by atoms with E-state index in [9.17, 15) is 0 Å². The van der Waals surface area contributed by atoms with Crippen molar-refractivity contribution < 1.29 is 0 Å². The van der Waals surface area contributed by atoms with Crippen LogP contribution in [-0.4, -0.2) is 29.6 Å². The van der Waals surface area contributed by atoms with Gasteiger partial charge in [0.05, 0.1) is 0 Å². The van der Waals surface area contributed by atoms with Gasteiger partial charge in [0.1, 0.15) is 13.6 Å². The third-order valence-electron chi connectivity index (χ3n) is 3.50. The molecule has 0 aromatic heterocycles. The van der Waals surface area contributed by atoms with Crippen molar-refractivity contribution >= 4 is 118 Å². The van der Waals surface area contributed by atoms with Crippen LogP contribution in [0.5, 0.6) is 0 Å². The second-order valence-electron chi connectivity index (χ2n) is 5.01. The molecule has 4 bridgehead atoms. The molecule has 0 atom stereocenters. The predicted octanol–water partition coefficient (Wildman–Crippen LogP) is 7.81. The van der Waals surface area contributed by atoms with Crippen LogP contribution >= 0.6 is 118 Å². The highest BCUT2D eigenvalue weighted by molar-refractivity contribution is 9.09. The zero-order valence-electron chi connectivity index (χ0n) is 11.5. The molecule has 122 valence electrons. The first-order valence-corrected chi connectivity index (χ1v) is 15.1. The summed E-state index contributed by atoms with van der Waals surface area (Å²) in [6.07, 6.45) is 5.02. The maximum absolute atomic E-state index is 3.71. The third kappa shape index (κ3) is 3.67. The minimum atomic E-state index is 0.339. The maximum Gasteiger partial charge on any atom is 0.114 e. The number of hydrogen-bond donors (Lipinski definition) is 0. The fourth-order valence-electron chi connectivity index (χ4n) is 2.69. The summed E-state index contributed by atoms with van der Waals surface area (Å²) in [4.78, 5) is 0. The molecule has 4 saturated heterocycles. The molecule has 0 aromatic carbocycles. The maximum atomic E-state index is 3.71. The lowest BCUT2D eigenvalue weighted by Gasteiger charge is -2.67. The highest BCUT2D eigenvalue weighted by atomic mass is 79.9. The van der Waals surface area contributed by atoms with E-state index >= 15 is 0 Å². The zero-order chi connectivity index (χ0) is 15.2. The molecule has 21 heavy (non-hydrogen) atoms. The first-order valence-electron chi connectivity index (χ1n) is 6.87. The third-order valence-corrected chi connectivity index (χ3v) is 17.1. The molecule has 0 amide bonds. The van der Waals surface area contributed by atoms with E-state index in [1.807, 2.05) is 0 Å². The van der Waals surface area contributed by atoms with Crippen molar-refractivity contribution in [1.29, 1.82) is 0 Å². The van der Waals surface area contributed by atoms with Gasteiger partial charge in [0, 0.05) is 16.0 Å². The molecule has 0 radical (unpaired) electrons. The van der Waals surface area contributed by atoms with E-state index in [4.69, 9.17) is 0 Å². The number of hydrogen-bond acceptors (Lipinski definition) is 6. The van der Waals surface area contributed by atoms with Crippen molar-refractivity contribution in [2.45, 2.75) is 46.3 Å². The number of alkyl halides is 3. The van der Waals surface area contributed by atoms with Gasteiger partial charge in [-0.1, -0.05) is 54.7 Å². The van der Waals surface area contributed by atoms with Crippen LogP contribution in [0.25, 0.3) is 0 Å². The SMILES string of the molecule is CCC12SC3(CCBr)SC(CCBr)(S1)SC(CCBr)(S2)S3. The summed E-state index contributed by atoms with van der Waals surface area (Å²) in [5.74, 6) is 0. The van der Waals surface area contributed by atoms with Crippen LogP contribution in [0.3, 0.4) is 0 Å². The first kappa shape index (κ1) is 19.3. The highest BCUT2D eigenvalue weighted by Gasteiger charge is 2.71. The molecular formula is C12H17Br3S6. The molecule has 4 aliphatic heterocycles. The zero-order valence-corrected chi connectivity index (χ0v) is 21.2. The van der Waals surface area contributed by atoms with E-state index in [1.54, 1.807) is 0 Å². The number of rotatable bonds is 7. The highest BCUT2D eigenvalue weighted by Crippen LogP contribution is 2.90. The van der Waals surface area contributed by atoms with Crippen molar-refractivity contribution in [3.8, 4) is 0 Å². The Morgan fingerprint density at radius 1 is 0.571 bits per heavy atom. The van der Waals surface area contributed by atoms with Crippen molar-refractivity contribution in [1.82, 2.24) is 0 Å². The molecule has 4 rings (SSSR count). The minimum absolute atomic E-state index is 0.339. The standard InChI is InChI=1S/C12H17Br3S6/c1-2-9-16-10(3-6-13)19-11(17-9,4-7-14)21-12(18-9,20-10)5-8-15/h2-8H2,1H3. The second-order valence-corrected chi connectivity index (χ2v) is 20.1. The van der Waals surface area contributed by atoms with Gasteiger partial charge >= 0.3 is 0 Å². The van der Waals surface area contributed by atoms with Gasteiger partial charge in [-0.25, -0.2) is 0 Å². The largest absolute Gasteiger partial charge is 0.114 e. The van der Waals surface area contributed by atoms with Crippen LogP contribution in [0.15, 0.2) is 0 Å². The minimum Gasteiger partial charge on any atom is -0.104 e. The Labute approximate surface area is 178 Å². The van der Waals surface area contributed by atoms with E-state index in [0.29, 0.717) is 13.6 Å². The van der Waals surface area contributed by atoms with E-state index < -0.39 is 0 Å². The van der Waals surface area contributed by atoms with Crippen LogP contribution in [-0.2, 0) is 0 Å². The predicted molar refractivity (Wildman–Crippen MR) is 122 cm³/mol. The molecule has 4 aliphatic rings. The van der Waals surface area contributed by atoms with Crippen LogP contribution in [0, 0.1) is 0 Å². The van der Waals surface area contributed by atoms with Crippen molar-refractivity contribution in [2.75, 3.05) is 16.0 Å². The van der Waals surface area contributed by atoms with Gasteiger partial charge in [0.25, 0.3) is 0 Å². The molecule has 0 aromatic rings. The Hall–Kier alpha value is 3.54. The monoisotopic (exact) mass is 590 g/mol. The fraction of sp³-hybridized carbons (Fsp3) is 1.00. The fourth-order valence-corrected chi connectivity index (χ4v) is 28.0. The molecule has 0 saturated carbocycles. The van der Waals surface area contributed by atoms with Gasteiger partial charge < -0.3 is 0 Å². The van der Waals surface area contributed by atoms with Gasteiger partial charge in [0.2, 0.25) is 0 Å². The summed E-state index contributed by atoms with van der Waals surface area (Å²) in [7, 11) is 0. The Balaban J connectivity index is 2.00. The Morgan fingerprint density at radius 2 is 0.857 bits per heavy atom. The molecule has 9 heteroatoms. The topological polar surface area (TPSA) is 0 Å². The smallest absolute Gasteiger partial charge is 0.104 e. The van der Waals surface area contributed by atoms with Crippen LogP contribution in [0.1, 0.15) is 32.6 Å². The van der Waals surface area contributed by atoms with Gasteiger partial charge in [-0.3, -0.25) is 0 Å². The Kier molecular flexibility index (Phi) is 6.69. The number of halogens is 3. The van der Waals surface area contributed by atoms with Crippen LogP contribution in [0.4, 0.5) is 0 Å². The molecule has 0 nitrogen and oxygen atoms in total. The van der Waals surface area contributed by atoms with E-state index in [-0.39, 0.29) is 0 Å². The summed E-state index contributed by atoms with van der Waals surface area (Å²) in [6.45, 7) is 2.38. The van der Waals surface area contributed by atoms with Gasteiger partial charge in [0.15, 0.2) is 0 Å². The summed E-state index contributed by atoms with van der Waals surface area (Å²) in [6, 6.07) is 0. The molecule has 4 heterocycles. The van der Waals surface area contributed by atoms with Crippen LogP contribution in [0.2, 0.25) is 0 Å². The van der Waals surface area contributed by atoms with Crippen molar-refractivity contribution in [3.05, 3.63) is 0 Å². The lowest BCUT2D eigenvalue weighted by molar-refractivity contribution is 0.879. The normalized spacial score (nSPS) is 48.0. The molecule has 0 spiro atoms.